The van der Waals surface area contributed by atoms with Crippen molar-refractivity contribution in [3.05, 3.63) is 29.6 Å². The van der Waals surface area contributed by atoms with Gasteiger partial charge in [0.25, 0.3) is 0 Å². The average molecular weight is 325 g/mol. The third-order valence-corrected chi connectivity index (χ3v) is 3.11. The largest absolute Gasteiger partial charge is 0.481 e. The number of primary amides is 1. The highest BCUT2D eigenvalue weighted by Crippen LogP contribution is 2.16. The molecule has 0 aliphatic carbocycles. The lowest BCUT2D eigenvalue weighted by atomic mass is 9.97. The van der Waals surface area contributed by atoms with Gasteiger partial charge in [-0.25, -0.2) is 9.18 Å². The number of nitrogens with one attached hydrogen (secondary N) is 2. The van der Waals surface area contributed by atoms with Gasteiger partial charge >= 0.3 is 12.0 Å². The Morgan fingerprint density at radius 1 is 1.30 bits per heavy atom. The molecule has 1 rings (SSSR count). The molecule has 0 spiro atoms. The molecule has 0 aromatic heterocycles. The van der Waals surface area contributed by atoms with Crippen molar-refractivity contribution in [1.29, 1.82) is 0 Å². The van der Waals surface area contributed by atoms with Gasteiger partial charge in [0, 0.05) is 12.1 Å². The molecule has 1 aromatic carbocycles. The SMILES string of the molecule is CC(C)CC(CNC(=O)Nc1cc(C(N)=O)ccc1F)C(=O)O. The van der Waals surface area contributed by atoms with Crippen LogP contribution in [0.25, 0.3) is 0 Å². The first-order chi connectivity index (χ1) is 10.7. The Morgan fingerprint density at radius 3 is 2.48 bits per heavy atom. The number of carbonyl (C=O) groups excluding carboxylic acids is 2. The third kappa shape index (κ3) is 5.93. The molecule has 0 heterocycles. The maximum Gasteiger partial charge on any atom is 0.319 e. The Hall–Kier alpha value is -2.64. The van der Waals surface area contributed by atoms with Crippen LogP contribution < -0.4 is 16.4 Å². The van der Waals surface area contributed by atoms with Crippen LogP contribution >= 0.6 is 0 Å². The molecule has 5 N–H and O–H groups in total. The van der Waals surface area contributed by atoms with Crippen LogP contribution in [0.5, 0.6) is 0 Å². The van der Waals surface area contributed by atoms with Crippen molar-refractivity contribution >= 4 is 23.6 Å². The first kappa shape index (κ1) is 18.4. The molecular formula is C15H20FN3O4. The number of halogens is 1. The van der Waals surface area contributed by atoms with Crippen LogP contribution in [0, 0.1) is 17.7 Å². The number of carboxylic acid groups (broad SMARTS) is 1. The number of anilines is 1. The molecule has 126 valence electrons. The molecule has 0 bridgehead atoms. The van der Waals surface area contributed by atoms with Gasteiger partial charge in [-0.2, -0.15) is 0 Å². The number of amides is 3. The lowest BCUT2D eigenvalue weighted by Gasteiger charge is -2.16. The fourth-order valence-corrected chi connectivity index (χ4v) is 2.00. The van der Waals surface area contributed by atoms with Gasteiger partial charge in [0.05, 0.1) is 11.6 Å². The van der Waals surface area contributed by atoms with E-state index in [0.717, 1.165) is 12.1 Å². The average Bonchev–Trinajstić information content (AvgIpc) is 2.44. The summed E-state index contributed by atoms with van der Waals surface area (Å²) in [4.78, 5) is 33.9. The lowest BCUT2D eigenvalue weighted by Crippen LogP contribution is -2.36. The Balaban J connectivity index is 2.68. The maximum atomic E-state index is 13.6. The summed E-state index contributed by atoms with van der Waals surface area (Å²) >= 11 is 0. The normalized spacial score (nSPS) is 11.8. The molecule has 0 aliphatic heterocycles. The molecule has 0 saturated heterocycles. The molecule has 3 amide bonds. The van der Waals surface area contributed by atoms with Crippen molar-refractivity contribution in [2.75, 3.05) is 11.9 Å². The third-order valence-electron chi connectivity index (χ3n) is 3.11. The van der Waals surface area contributed by atoms with E-state index in [2.05, 4.69) is 10.6 Å². The molecule has 8 heteroatoms. The molecule has 0 fully saturated rings. The van der Waals surface area contributed by atoms with Gasteiger partial charge in [-0.05, 0) is 30.5 Å². The fraction of sp³-hybridized carbons (Fsp3) is 0.400. The van der Waals surface area contributed by atoms with Crippen molar-refractivity contribution in [2.24, 2.45) is 17.6 Å². The van der Waals surface area contributed by atoms with Crippen LogP contribution in [0.3, 0.4) is 0 Å². The van der Waals surface area contributed by atoms with Crippen LogP contribution in [0.4, 0.5) is 14.9 Å². The van der Waals surface area contributed by atoms with E-state index in [-0.39, 0.29) is 23.7 Å². The highest BCUT2D eigenvalue weighted by Gasteiger charge is 2.20. The summed E-state index contributed by atoms with van der Waals surface area (Å²) in [7, 11) is 0. The minimum atomic E-state index is -1.01. The Morgan fingerprint density at radius 2 is 1.96 bits per heavy atom. The number of hydrogen-bond donors (Lipinski definition) is 4. The van der Waals surface area contributed by atoms with E-state index in [9.17, 15) is 18.8 Å². The zero-order valence-electron chi connectivity index (χ0n) is 12.9. The molecule has 7 nitrogen and oxygen atoms in total. The Labute approximate surface area is 133 Å². The van der Waals surface area contributed by atoms with Crippen molar-refractivity contribution < 1.29 is 23.9 Å². The topological polar surface area (TPSA) is 122 Å². The molecule has 1 unspecified atom stereocenters. The number of rotatable bonds is 7. The van der Waals surface area contributed by atoms with E-state index in [1.165, 1.54) is 6.07 Å². The molecule has 0 radical (unpaired) electrons. The summed E-state index contributed by atoms with van der Waals surface area (Å²) in [5, 5.41) is 13.7. The van der Waals surface area contributed by atoms with E-state index in [4.69, 9.17) is 10.8 Å². The summed E-state index contributed by atoms with van der Waals surface area (Å²) in [6.07, 6.45) is 0.404. The number of aliphatic carboxylic acids is 1. The van der Waals surface area contributed by atoms with Crippen molar-refractivity contribution in [3.8, 4) is 0 Å². The quantitative estimate of drug-likeness (QED) is 0.610. The minimum Gasteiger partial charge on any atom is -0.481 e. The zero-order chi connectivity index (χ0) is 17.6. The molecule has 1 atom stereocenters. The smallest absolute Gasteiger partial charge is 0.319 e. The Bertz CT molecular complexity index is 604. The highest BCUT2D eigenvalue weighted by molar-refractivity contribution is 5.96. The van der Waals surface area contributed by atoms with Gasteiger partial charge in [0.2, 0.25) is 5.91 Å². The van der Waals surface area contributed by atoms with E-state index in [1.54, 1.807) is 0 Å². The number of carboxylic acids is 1. The predicted octanol–water partition coefficient (Wildman–Crippen LogP) is 1.79. The predicted molar refractivity (Wildman–Crippen MR) is 82.5 cm³/mol. The summed E-state index contributed by atoms with van der Waals surface area (Å²) < 4.78 is 13.6. The van der Waals surface area contributed by atoms with Gasteiger partial charge in [0.1, 0.15) is 5.82 Å². The number of hydrogen-bond acceptors (Lipinski definition) is 3. The zero-order valence-corrected chi connectivity index (χ0v) is 12.9. The lowest BCUT2D eigenvalue weighted by molar-refractivity contribution is -0.142. The Kier molecular flexibility index (Phi) is 6.49. The summed E-state index contributed by atoms with van der Waals surface area (Å²) in [5.41, 5.74) is 4.92. The molecular weight excluding hydrogens is 305 g/mol. The van der Waals surface area contributed by atoms with Gasteiger partial charge in [0.15, 0.2) is 0 Å². The first-order valence-electron chi connectivity index (χ1n) is 7.07. The number of carbonyl (C=O) groups is 3. The first-order valence-corrected chi connectivity index (χ1v) is 7.07. The summed E-state index contributed by atoms with van der Waals surface area (Å²) in [5.74, 6) is -3.08. The molecule has 0 aliphatic rings. The summed E-state index contributed by atoms with van der Waals surface area (Å²) in [6, 6.07) is 2.55. The summed E-state index contributed by atoms with van der Waals surface area (Å²) in [6.45, 7) is 3.66. The number of urea groups is 1. The van der Waals surface area contributed by atoms with Crippen LogP contribution in [0.15, 0.2) is 18.2 Å². The van der Waals surface area contributed by atoms with E-state index in [0.29, 0.717) is 6.42 Å². The second-order valence-corrected chi connectivity index (χ2v) is 5.56. The standard InChI is InChI=1S/C15H20FN3O4/c1-8(2)5-10(14(21)22)7-18-15(23)19-12-6-9(13(17)20)3-4-11(12)16/h3-4,6,8,10H,5,7H2,1-2H3,(H2,17,20)(H,21,22)(H2,18,19,23). The van der Waals surface area contributed by atoms with Crippen LogP contribution in [-0.2, 0) is 4.79 Å². The van der Waals surface area contributed by atoms with Crippen LogP contribution in [0.1, 0.15) is 30.6 Å². The second-order valence-electron chi connectivity index (χ2n) is 5.56. The number of benzene rings is 1. The van der Waals surface area contributed by atoms with Gasteiger partial charge in [-0.1, -0.05) is 13.8 Å². The van der Waals surface area contributed by atoms with Crippen LogP contribution in [0.2, 0.25) is 0 Å². The molecule has 1 aromatic rings. The van der Waals surface area contributed by atoms with E-state index >= 15 is 0 Å². The monoisotopic (exact) mass is 325 g/mol. The molecule has 23 heavy (non-hydrogen) atoms. The van der Waals surface area contributed by atoms with E-state index in [1.807, 2.05) is 13.8 Å². The van der Waals surface area contributed by atoms with Gasteiger partial charge < -0.3 is 21.5 Å². The highest BCUT2D eigenvalue weighted by atomic mass is 19.1. The van der Waals surface area contributed by atoms with Crippen molar-refractivity contribution in [1.82, 2.24) is 5.32 Å². The van der Waals surface area contributed by atoms with Crippen LogP contribution in [-0.4, -0.2) is 29.6 Å². The fourth-order valence-electron chi connectivity index (χ4n) is 2.00. The van der Waals surface area contributed by atoms with E-state index < -0.39 is 29.6 Å². The van der Waals surface area contributed by atoms with Crippen molar-refractivity contribution in [2.45, 2.75) is 20.3 Å². The van der Waals surface area contributed by atoms with Gasteiger partial charge in [-0.3, -0.25) is 9.59 Å². The number of nitrogens with two attached hydrogens (primary N) is 1. The van der Waals surface area contributed by atoms with Gasteiger partial charge in [-0.15, -0.1) is 0 Å². The van der Waals surface area contributed by atoms with Crippen molar-refractivity contribution in [3.63, 3.8) is 0 Å². The molecule has 0 saturated carbocycles. The maximum absolute atomic E-state index is 13.6. The second kappa shape index (κ2) is 8.11. The minimum absolute atomic E-state index is 0.0462.